The Kier molecular flexibility index (Phi) is 5.87. The van der Waals surface area contributed by atoms with Gasteiger partial charge in [0.25, 0.3) is 5.56 Å². The summed E-state index contributed by atoms with van der Waals surface area (Å²) in [5, 5.41) is 20.4. The molecule has 0 aliphatic rings. The van der Waals surface area contributed by atoms with Crippen molar-refractivity contribution in [1.82, 2.24) is 4.98 Å². The lowest BCUT2D eigenvalue weighted by Gasteiger charge is -2.10. The fraction of sp³-hybridized carbons (Fsp3) is 0.148. The van der Waals surface area contributed by atoms with Crippen LogP contribution in [0.3, 0.4) is 0 Å². The topological polar surface area (TPSA) is 89.2 Å². The third-order valence-electron chi connectivity index (χ3n) is 5.51. The number of pyridine rings is 1. The zero-order valence-corrected chi connectivity index (χ0v) is 18.0. The normalized spacial score (nSPS) is 11.3. The standard InChI is InChI=1S/C27H23N3O2/c1-17(2)19-5-7-20(8-6-19)21-9-12-23-24(15-21)25(27(32)30-26(23)31)16-29-22-10-3-18(4-11-22)13-14-28/h3-12,15-17H,13H2,1-2H3,(H2,30,31,32). The average molecular weight is 422 g/mol. The number of nitrogens with zero attached hydrogens (tertiary/aromatic N) is 2. The summed E-state index contributed by atoms with van der Waals surface area (Å²) in [5.41, 5.74) is 4.94. The second kappa shape index (κ2) is 8.91. The number of benzene rings is 3. The fourth-order valence-corrected chi connectivity index (χ4v) is 3.64. The number of aromatic amines is 1. The highest BCUT2D eigenvalue weighted by Gasteiger charge is 2.11. The Morgan fingerprint density at radius 3 is 2.34 bits per heavy atom. The summed E-state index contributed by atoms with van der Waals surface area (Å²) in [6.07, 6.45) is 1.90. The number of aromatic nitrogens is 1. The first-order valence-electron chi connectivity index (χ1n) is 10.5. The van der Waals surface area contributed by atoms with Crippen LogP contribution in [-0.2, 0) is 6.42 Å². The van der Waals surface area contributed by atoms with Gasteiger partial charge in [-0.25, -0.2) is 0 Å². The molecule has 0 saturated heterocycles. The first-order valence-corrected chi connectivity index (χ1v) is 10.5. The van der Waals surface area contributed by atoms with E-state index in [9.17, 15) is 9.90 Å². The molecule has 0 atom stereocenters. The van der Waals surface area contributed by atoms with Crippen LogP contribution >= 0.6 is 0 Å². The molecule has 0 unspecified atom stereocenters. The number of H-pyrrole nitrogens is 1. The van der Waals surface area contributed by atoms with Crippen molar-refractivity contribution in [2.24, 2.45) is 4.99 Å². The van der Waals surface area contributed by atoms with Gasteiger partial charge in [0, 0.05) is 17.0 Å². The number of fused-ring (bicyclic) bond motifs is 1. The van der Waals surface area contributed by atoms with Crippen LogP contribution in [0.5, 0.6) is 5.88 Å². The second-order valence-corrected chi connectivity index (χ2v) is 8.01. The van der Waals surface area contributed by atoms with Crippen LogP contribution in [0.1, 0.15) is 36.5 Å². The molecule has 0 amide bonds. The molecule has 0 fully saturated rings. The molecule has 0 aliphatic carbocycles. The van der Waals surface area contributed by atoms with Gasteiger partial charge in [0.15, 0.2) is 0 Å². The highest BCUT2D eigenvalue weighted by molar-refractivity contribution is 6.03. The molecule has 158 valence electrons. The Labute approximate surface area is 186 Å². The molecule has 1 heterocycles. The Hall–Kier alpha value is -4.17. The quantitative estimate of drug-likeness (QED) is 0.397. The minimum Gasteiger partial charge on any atom is -0.494 e. The predicted molar refractivity (Wildman–Crippen MR) is 129 cm³/mol. The van der Waals surface area contributed by atoms with Gasteiger partial charge in [-0.05, 0) is 52.4 Å². The molecule has 4 rings (SSSR count). The van der Waals surface area contributed by atoms with Gasteiger partial charge in [0.05, 0.1) is 23.7 Å². The maximum absolute atomic E-state index is 12.4. The predicted octanol–water partition coefficient (Wildman–Crippen LogP) is 5.84. The molecular formula is C27H23N3O2. The lowest BCUT2D eigenvalue weighted by molar-refractivity contribution is 0.452. The number of aromatic hydroxyl groups is 1. The third-order valence-corrected chi connectivity index (χ3v) is 5.51. The minimum absolute atomic E-state index is 0.223. The molecule has 2 N–H and O–H groups in total. The van der Waals surface area contributed by atoms with E-state index in [1.807, 2.05) is 36.4 Å². The van der Waals surface area contributed by atoms with Crippen molar-refractivity contribution in [2.45, 2.75) is 26.2 Å². The highest BCUT2D eigenvalue weighted by atomic mass is 16.3. The van der Waals surface area contributed by atoms with E-state index >= 15 is 0 Å². The van der Waals surface area contributed by atoms with Crippen LogP contribution in [0.25, 0.3) is 21.9 Å². The van der Waals surface area contributed by atoms with Crippen LogP contribution in [0.15, 0.2) is 76.5 Å². The number of rotatable bonds is 5. The summed E-state index contributed by atoms with van der Waals surface area (Å²) < 4.78 is 0. The van der Waals surface area contributed by atoms with Crippen LogP contribution in [0.4, 0.5) is 5.69 Å². The fourth-order valence-electron chi connectivity index (χ4n) is 3.64. The van der Waals surface area contributed by atoms with Crippen molar-refractivity contribution in [2.75, 3.05) is 0 Å². The molecule has 0 radical (unpaired) electrons. The molecule has 32 heavy (non-hydrogen) atoms. The van der Waals surface area contributed by atoms with E-state index in [-0.39, 0.29) is 11.4 Å². The second-order valence-electron chi connectivity index (χ2n) is 8.01. The molecule has 3 aromatic carbocycles. The number of nitrogens with one attached hydrogen (secondary N) is 1. The molecule has 4 aromatic rings. The van der Waals surface area contributed by atoms with Gasteiger partial charge in [0.1, 0.15) is 0 Å². The van der Waals surface area contributed by atoms with Crippen molar-refractivity contribution in [3.8, 4) is 23.1 Å². The van der Waals surface area contributed by atoms with Gasteiger partial charge in [-0.1, -0.05) is 56.3 Å². The lowest BCUT2D eigenvalue weighted by Crippen LogP contribution is -2.08. The van der Waals surface area contributed by atoms with Gasteiger partial charge >= 0.3 is 0 Å². The lowest BCUT2D eigenvalue weighted by atomic mass is 9.96. The van der Waals surface area contributed by atoms with Gasteiger partial charge in [-0.15, -0.1) is 0 Å². The summed E-state index contributed by atoms with van der Waals surface area (Å²) >= 11 is 0. The number of hydrogen-bond acceptors (Lipinski definition) is 4. The van der Waals surface area contributed by atoms with Crippen molar-refractivity contribution >= 4 is 22.7 Å². The highest BCUT2D eigenvalue weighted by Crippen LogP contribution is 2.29. The van der Waals surface area contributed by atoms with E-state index in [2.05, 4.69) is 54.2 Å². The van der Waals surface area contributed by atoms with Crippen molar-refractivity contribution < 1.29 is 5.11 Å². The Morgan fingerprint density at radius 1 is 1.00 bits per heavy atom. The Bertz CT molecular complexity index is 1390. The minimum atomic E-state index is -0.350. The molecule has 5 nitrogen and oxygen atoms in total. The first kappa shape index (κ1) is 21.1. The van der Waals surface area contributed by atoms with E-state index < -0.39 is 0 Å². The SMILES string of the molecule is CC(C)c1ccc(-c2ccc3c(=O)[nH]c(O)c(C=Nc4ccc(CC#N)cc4)c3c2)cc1. The van der Waals surface area contributed by atoms with E-state index in [1.165, 1.54) is 5.56 Å². The molecule has 5 heteroatoms. The molecule has 1 aromatic heterocycles. The third kappa shape index (κ3) is 4.30. The summed E-state index contributed by atoms with van der Waals surface area (Å²) in [4.78, 5) is 19.4. The molecule has 0 spiro atoms. The van der Waals surface area contributed by atoms with Crippen LogP contribution in [0.2, 0.25) is 0 Å². The summed E-state index contributed by atoms with van der Waals surface area (Å²) in [5.74, 6) is 0.229. The van der Waals surface area contributed by atoms with Gasteiger partial charge in [0.2, 0.25) is 5.88 Å². The van der Waals surface area contributed by atoms with Crippen molar-refractivity contribution in [1.29, 1.82) is 5.26 Å². The van der Waals surface area contributed by atoms with E-state index in [0.29, 0.717) is 34.4 Å². The van der Waals surface area contributed by atoms with Gasteiger partial charge < -0.3 is 5.11 Å². The van der Waals surface area contributed by atoms with Gasteiger partial charge in [-0.3, -0.25) is 14.8 Å². The molecule has 0 saturated carbocycles. The summed E-state index contributed by atoms with van der Waals surface area (Å²) in [7, 11) is 0. The first-order chi connectivity index (χ1) is 15.5. The number of hydrogen-bond donors (Lipinski definition) is 2. The molecule has 0 bridgehead atoms. The van der Waals surface area contributed by atoms with Crippen LogP contribution in [0, 0.1) is 11.3 Å². The zero-order valence-electron chi connectivity index (χ0n) is 18.0. The van der Waals surface area contributed by atoms with Gasteiger partial charge in [-0.2, -0.15) is 5.26 Å². The monoisotopic (exact) mass is 421 g/mol. The largest absolute Gasteiger partial charge is 0.494 e. The maximum Gasteiger partial charge on any atom is 0.258 e. The molecule has 0 aliphatic heterocycles. The van der Waals surface area contributed by atoms with Crippen LogP contribution in [-0.4, -0.2) is 16.3 Å². The maximum atomic E-state index is 12.4. The Morgan fingerprint density at radius 2 is 1.69 bits per heavy atom. The number of aliphatic imine (C=N–C) groups is 1. The van der Waals surface area contributed by atoms with E-state index in [1.54, 1.807) is 12.3 Å². The zero-order chi connectivity index (χ0) is 22.7. The van der Waals surface area contributed by atoms with Crippen LogP contribution < -0.4 is 5.56 Å². The molecular weight excluding hydrogens is 398 g/mol. The van der Waals surface area contributed by atoms with E-state index in [0.717, 1.165) is 16.7 Å². The van der Waals surface area contributed by atoms with Crippen molar-refractivity contribution in [3.63, 3.8) is 0 Å². The average Bonchev–Trinajstić information content (AvgIpc) is 2.80. The van der Waals surface area contributed by atoms with E-state index in [4.69, 9.17) is 5.26 Å². The number of nitriles is 1. The Balaban J connectivity index is 1.77. The summed E-state index contributed by atoms with van der Waals surface area (Å²) in [6, 6.07) is 23.4. The summed E-state index contributed by atoms with van der Waals surface area (Å²) in [6.45, 7) is 4.31. The van der Waals surface area contributed by atoms with Crippen molar-refractivity contribution in [3.05, 3.63) is 93.8 Å². The smallest absolute Gasteiger partial charge is 0.258 e.